The Kier molecular flexibility index (Phi) is 8.82. The largest absolute Gasteiger partial charge is 0.383 e. The molecule has 0 aliphatic carbocycles. The van der Waals surface area contributed by atoms with Crippen molar-refractivity contribution in [3.05, 3.63) is 96.4 Å². The maximum Gasteiger partial charge on any atom is 0.319 e. The van der Waals surface area contributed by atoms with Gasteiger partial charge in [0.1, 0.15) is 0 Å². The number of rotatable bonds is 9. The molecule has 0 unspecified atom stereocenters. The molecule has 0 radical (unpaired) electrons. The number of aryl methyl sites for hydroxylation is 1. The number of carbonyl (C=O) groups excluding carboxylic acids is 1. The van der Waals surface area contributed by atoms with Gasteiger partial charge in [-0.3, -0.25) is 4.90 Å². The molecule has 7 heteroatoms. The van der Waals surface area contributed by atoms with Crippen molar-refractivity contribution in [3.8, 4) is 0 Å². The Morgan fingerprint density at radius 1 is 1.19 bits per heavy atom. The van der Waals surface area contributed by atoms with Crippen molar-refractivity contribution in [2.24, 2.45) is 0 Å². The van der Waals surface area contributed by atoms with Gasteiger partial charge in [0.05, 0.1) is 24.0 Å². The molecule has 0 spiro atoms. The Labute approximate surface area is 219 Å². The standard InChI is InChI=1S/C30H35N5O2/c1-5-10-23(11-6-2)28-26(18-24-15-14-21(3)31-29(24)34-28)32-30(36)33-27-20-35(16-17-37-4)19-25(27)22-12-8-7-9-13-22/h5-15,18,25,27H,1,16-17,19-20H2,2-4H3,(H2,32,33,36)/b11-6-,23-10+/t25-,27+/m0/s1. The zero-order valence-corrected chi connectivity index (χ0v) is 21.8. The SMILES string of the molecule is C=C/C=C(\C=C/C)c1nc2nc(C)ccc2cc1NC(=O)N[C@@H]1CN(CCOC)C[C@H]1c1ccccc1. The summed E-state index contributed by atoms with van der Waals surface area (Å²) in [6, 6.07) is 15.9. The average Bonchev–Trinajstić information content (AvgIpc) is 3.30. The molecule has 1 aliphatic heterocycles. The van der Waals surface area contributed by atoms with E-state index < -0.39 is 0 Å². The van der Waals surface area contributed by atoms with Gasteiger partial charge in [0, 0.05) is 49.3 Å². The number of ether oxygens (including phenoxy) is 1. The summed E-state index contributed by atoms with van der Waals surface area (Å²) < 4.78 is 5.29. The predicted octanol–water partition coefficient (Wildman–Crippen LogP) is 5.32. The number of urea groups is 1. The smallest absolute Gasteiger partial charge is 0.319 e. The van der Waals surface area contributed by atoms with E-state index in [1.54, 1.807) is 13.2 Å². The molecule has 37 heavy (non-hydrogen) atoms. The number of allylic oxidation sites excluding steroid dienone is 5. The molecule has 1 saturated heterocycles. The fourth-order valence-electron chi connectivity index (χ4n) is 4.78. The molecule has 4 rings (SSSR count). The summed E-state index contributed by atoms with van der Waals surface area (Å²) in [6.45, 7) is 10.8. The van der Waals surface area contributed by atoms with E-state index in [1.807, 2.05) is 68.5 Å². The molecule has 2 atom stereocenters. The van der Waals surface area contributed by atoms with Crippen LogP contribution in [0.25, 0.3) is 16.6 Å². The fourth-order valence-corrected chi connectivity index (χ4v) is 4.78. The van der Waals surface area contributed by atoms with E-state index in [2.05, 4.69) is 39.2 Å². The zero-order chi connectivity index (χ0) is 26.2. The predicted molar refractivity (Wildman–Crippen MR) is 151 cm³/mol. The normalized spacial score (nSPS) is 18.4. The molecular formula is C30H35N5O2. The number of nitrogens with zero attached hydrogens (tertiary/aromatic N) is 3. The molecule has 1 fully saturated rings. The number of carbonyl (C=O) groups is 1. The van der Waals surface area contributed by atoms with Gasteiger partial charge in [0.25, 0.3) is 0 Å². The highest BCUT2D eigenvalue weighted by atomic mass is 16.5. The van der Waals surface area contributed by atoms with Crippen LogP contribution in [0.5, 0.6) is 0 Å². The fraction of sp³-hybridized carbons (Fsp3) is 0.300. The van der Waals surface area contributed by atoms with Crippen LogP contribution in [0, 0.1) is 6.92 Å². The average molecular weight is 498 g/mol. The third kappa shape index (κ3) is 6.50. The molecule has 1 aromatic carbocycles. The van der Waals surface area contributed by atoms with E-state index in [1.165, 1.54) is 5.56 Å². The van der Waals surface area contributed by atoms with Crippen molar-refractivity contribution in [1.82, 2.24) is 20.2 Å². The summed E-state index contributed by atoms with van der Waals surface area (Å²) >= 11 is 0. The molecule has 3 heterocycles. The van der Waals surface area contributed by atoms with Crippen LogP contribution in [0.3, 0.4) is 0 Å². The van der Waals surface area contributed by atoms with Crippen LogP contribution in [0.15, 0.2) is 79.4 Å². The van der Waals surface area contributed by atoms with E-state index >= 15 is 0 Å². The number of amides is 2. The van der Waals surface area contributed by atoms with Gasteiger partial charge in [-0.25, -0.2) is 14.8 Å². The van der Waals surface area contributed by atoms with Gasteiger partial charge in [-0.15, -0.1) is 0 Å². The van der Waals surface area contributed by atoms with Crippen molar-refractivity contribution < 1.29 is 9.53 Å². The number of pyridine rings is 2. The molecule has 2 amide bonds. The Hall–Kier alpha value is -3.81. The summed E-state index contributed by atoms with van der Waals surface area (Å²) in [5.41, 5.74) is 4.84. The molecule has 2 N–H and O–H groups in total. The minimum Gasteiger partial charge on any atom is -0.383 e. The lowest BCUT2D eigenvalue weighted by molar-refractivity contribution is 0.159. The second kappa shape index (κ2) is 12.4. The van der Waals surface area contributed by atoms with Crippen LogP contribution in [0.1, 0.15) is 29.8 Å². The first kappa shape index (κ1) is 26.3. The Morgan fingerprint density at radius 3 is 2.73 bits per heavy atom. The lowest BCUT2D eigenvalue weighted by Crippen LogP contribution is -2.42. The van der Waals surface area contributed by atoms with Crippen molar-refractivity contribution in [3.63, 3.8) is 0 Å². The van der Waals surface area contributed by atoms with Gasteiger partial charge in [-0.05, 0) is 37.6 Å². The third-order valence-electron chi connectivity index (χ3n) is 6.53. The molecule has 0 saturated carbocycles. The Balaban J connectivity index is 1.62. The van der Waals surface area contributed by atoms with E-state index in [0.717, 1.165) is 36.3 Å². The van der Waals surface area contributed by atoms with Gasteiger partial charge in [0.15, 0.2) is 5.65 Å². The number of fused-ring (bicyclic) bond motifs is 1. The highest BCUT2D eigenvalue weighted by molar-refractivity contribution is 5.97. The zero-order valence-electron chi connectivity index (χ0n) is 21.8. The first-order chi connectivity index (χ1) is 18.0. The molecule has 0 bridgehead atoms. The topological polar surface area (TPSA) is 79.4 Å². The van der Waals surface area contributed by atoms with Crippen LogP contribution in [0.4, 0.5) is 10.5 Å². The van der Waals surface area contributed by atoms with E-state index in [0.29, 0.717) is 23.6 Å². The number of anilines is 1. The van der Waals surface area contributed by atoms with E-state index in [4.69, 9.17) is 9.72 Å². The number of hydrogen-bond donors (Lipinski definition) is 2. The summed E-state index contributed by atoms with van der Waals surface area (Å²) in [5, 5.41) is 7.17. The minimum absolute atomic E-state index is 0.0424. The van der Waals surface area contributed by atoms with Gasteiger partial charge >= 0.3 is 6.03 Å². The highest BCUT2D eigenvalue weighted by Crippen LogP contribution is 2.29. The summed E-state index contributed by atoms with van der Waals surface area (Å²) in [6.07, 6.45) is 7.48. The lowest BCUT2D eigenvalue weighted by atomic mass is 9.94. The molecule has 3 aromatic rings. The van der Waals surface area contributed by atoms with Crippen LogP contribution >= 0.6 is 0 Å². The van der Waals surface area contributed by atoms with E-state index in [-0.39, 0.29) is 18.0 Å². The number of hydrogen-bond acceptors (Lipinski definition) is 5. The molecule has 7 nitrogen and oxygen atoms in total. The lowest BCUT2D eigenvalue weighted by Gasteiger charge is -2.21. The molecular weight excluding hydrogens is 462 g/mol. The quantitative estimate of drug-likeness (QED) is 0.391. The molecule has 1 aliphatic rings. The van der Waals surface area contributed by atoms with Gasteiger partial charge in [-0.2, -0.15) is 0 Å². The molecule has 2 aromatic heterocycles. The van der Waals surface area contributed by atoms with Crippen molar-refractivity contribution in [1.29, 1.82) is 0 Å². The van der Waals surface area contributed by atoms with Gasteiger partial charge in [-0.1, -0.05) is 61.2 Å². The maximum atomic E-state index is 13.4. The summed E-state index contributed by atoms with van der Waals surface area (Å²) in [7, 11) is 1.71. The van der Waals surface area contributed by atoms with E-state index in [9.17, 15) is 4.79 Å². The van der Waals surface area contributed by atoms with Crippen molar-refractivity contribution in [2.75, 3.05) is 38.7 Å². The summed E-state index contributed by atoms with van der Waals surface area (Å²) in [5.74, 6) is 0.185. The Bertz CT molecular complexity index is 1300. The minimum atomic E-state index is -0.263. The number of methoxy groups -OCH3 is 1. The van der Waals surface area contributed by atoms with Crippen molar-refractivity contribution in [2.45, 2.75) is 25.8 Å². The second-order valence-corrected chi connectivity index (χ2v) is 9.22. The Morgan fingerprint density at radius 2 is 2.00 bits per heavy atom. The van der Waals surface area contributed by atoms with Crippen LogP contribution in [-0.2, 0) is 4.74 Å². The number of likely N-dealkylation sites (tertiary alicyclic amines) is 1. The van der Waals surface area contributed by atoms with Crippen LogP contribution in [0.2, 0.25) is 0 Å². The first-order valence-electron chi connectivity index (χ1n) is 12.6. The van der Waals surface area contributed by atoms with Crippen molar-refractivity contribution >= 4 is 28.3 Å². The van der Waals surface area contributed by atoms with Gasteiger partial charge in [0.2, 0.25) is 0 Å². The molecule has 192 valence electrons. The number of benzene rings is 1. The monoisotopic (exact) mass is 497 g/mol. The highest BCUT2D eigenvalue weighted by Gasteiger charge is 2.34. The van der Waals surface area contributed by atoms with Gasteiger partial charge < -0.3 is 15.4 Å². The third-order valence-corrected chi connectivity index (χ3v) is 6.53. The second-order valence-electron chi connectivity index (χ2n) is 9.22. The number of aromatic nitrogens is 2. The number of nitrogens with one attached hydrogen (secondary N) is 2. The van der Waals surface area contributed by atoms with Crippen LogP contribution in [-0.4, -0.2) is 60.3 Å². The maximum absolute atomic E-state index is 13.4. The summed E-state index contributed by atoms with van der Waals surface area (Å²) in [4.78, 5) is 25.1. The first-order valence-corrected chi connectivity index (χ1v) is 12.6. The van der Waals surface area contributed by atoms with Crippen LogP contribution < -0.4 is 10.6 Å².